The fourth-order valence-electron chi connectivity index (χ4n) is 0.928. The van der Waals surface area contributed by atoms with E-state index >= 15 is 0 Å². The van der Waals surface area contributed by atoms with Gasteiger partial charge in [-0.15, -0.1) is 11.6 Å². The number of halogens is 1. The number of epoxide rings is 1. The molecule has 10 heavy (non-hydrogen) atoms. The van der Waals surface area contributed by atoms with Crippen molar-refractivity contribution in [1.29, 1.82) is 0 Å². The second-order valence-corrected chi connectivity index (χ2v) is 3.03. The van der Waals surface area contributed by atoms with Gasteiger partial charge in [0, 0.05) is 6.42 Å². The summed E-state index contributed by atoms with van der Waals surface area (Å²) in [6.45, 7) is 3.69. The topological polar surface area (TPSA) is 29.6 Å². The highest BCUT2D eigenvalue weighted by Crippen LogP contribution is 2.38. The van der Waals surface area contributed by atoms with E-state index in [1.165, 1.54) is 0 Å². The van der Waals surface area contributed by atoms with Gasteiger partial charge in [0.25, 0.3) is 0 Å². The fraction of sp³-hybridized carbons (Fsp3) is 0.857. The molecule has 0 aliphatic carbocycles. The second kappa shape index (κ2) is 2.51. The molecule has 58 valence electrons. The lowest BCUT2D eigenvalue weighted by Crippen LogP contribution is -2.18. The molecule has 0 aromatic carbocycles. The van der Waals surface area contributed by atoms with Crippen LogP contribution in [0.2, 0.25) is 0 Å². The highest BCUT2D eigenvalue weighted by molar-refractivity contribution is 6.19. The summed E-state index contributed by atoms with van der Waals surface area (Å²) in [5.74, 6) is 0.562. The van der Waals surface area contributed by atoms with Crippen LogP contribution in [0.5, 0.6) is 0 Å². The molecule has 0 saturated carbocycles. The van der Waals surface area contributed by atoms with Crippen LogP contribution in [0.4, 0.5) is 0 Å². The minimum Gasteiger partial charge on any atom is -0.357 e. The predicted molar refractivity (Wildman–Crippen MR) is 39.3 cm³/mol. The van der Waals surface area contributed by atoms with Crippen LogP contribution in [0.25, 0.3) is 0 Å². The highest BCUT2D eigenvalue weighted by Gasteiger charge is 2.55. The van der Waals surface area contributed by atoms with E-state index in [2.05, 4.69) is 0 Å². The minimum atomic E-state index is -0.353. The summed E-state index contributed by atoms with van der Waals surface area (Å²) >= 11 is 5.56. The van der Waals surface area contributed by atoms with Gasteiger partial charge in [0.2, 0.25) is 0 Å². The molecule has 1 aliphatic rings. The van der Waals surface area contributed by atoms with Gasteiger partial charge in [-0.2, -0.15) is 0 Å². The largest absolute Gasteiger partial charge is 0.357 e. The number of rotatable bonds is 3. The summed E-state index contributed by atoms with van der Waals surface area (Å²) in [6, 6.07) is 0. The van der Waals surface area contributed by atoms with Gasteiger partial charge < -0.3 is 4.74 Å². The maximum absolute atomic E-state index is 11.0. The maximum Gasteiger partial charge on any atom is 0.164 e. The molecule has 2 nitrogen and oxygen atoms in total. The summed E-state index contributed by atoms with van der Waals surface area (Å²) in [7, 11) is 0. The Morgan fingerprint density at radius 3 is 2.70 bits per heavy atom. The molecule has 0 N–H and O–H groups in total. The lowest BCUT2D eigenvalue weighted by Gasteiger charge is -1.95. The molecule has 1 saturated heterocycles. The average Bonchev–Trinajstić information content (AvgIpc) is 2.62. The van der Waals surface area contributed by atoms with E-state index in [0.717, 1.165) is 0 Å². The Kier molecular flexibility index (Phi) is 2.02. The normalized spacial score (nSPS) is 37.7. The van der Waals surface area contributed by atoms with Crippen molar-refractivity contribution in [3.8, 4) is 0 Å². The Bertz CT molecular complexity index is 158. The first-order chi connectivity index (χ1) is 4.64. The average molecular weight is 163 g/mol. The number of carbonyl (C=O) groups is 1. The number of Topliss-reactive ketones (excluding diaryl/α,β-unsaturated/α-hetero) is 1. The quantitative estimate of drug-likeness (QED) is 0.463. The molecule has 0 radical (unpaired) electrons. The van der Waals surface area contributed by atoms with Crippen LogP contribution in [0.15, 0.2) is 0 Å². The monoisotopic (exact) mass is 162 g/mol. The van der Waals surface area contributed by atoms with Crippen LogP contribution in [0, 0.1) is 0 Å². The predicted octanol–water partition coefficient (Wildman–Crippen LogP) is 1.36. The van der Waals surface area contributed by atoms with E-state index < -0.39 is 0 Å². The second-order valence-electron chi connectivity index (χ2n) is 2.76. The van der Waals surface area contributed by atoms with E-state index in [4.69, 9.17) is 16.3 Å². The molecule has 1 aliphatic heterocycles. The van der Waals surface area contributed by atoms with Gasteiger partial charge in [-0.3, -0.25) is 4.79 Å². The standard InChI is InChI=1S/C7H11ClO2/c1-3-5(9)6-7(2,4-8)10-6/h6H,3-4H2,1-2H3. The molecular formula is C7H11ClO2. The Balaban J connectivity index is 2.44. The molecule has 0 amide bonds. The number of alkyl halides is 1. The molecule has 2 atom stereocenters. The van der Waals surface area contributed by atoms with Crippen molar-refractivity contribution in [3.05, 3.63) is 0 Å². The molecule has 0 bridgehead atoms. The zero-order valence-corrected chi connectivity index (χ0v) is 6.94. The molecule has 3 heteroatoms. The van der Waals surface area contributed by atoms with Crippen LogP contribution in [0.3, 0.4) is 0 Å². The summed E-state index contributed by atoms with van der Waals surface area (Å²) < 4.78 is 5.12. The molecular weight excluding hydrogens is 152 g/mol. The van der Waals surface area contributed by atoms with Crippen LogP contribution in [-0.2, 0) is 9.53 Å². The van der Waals surface area contributed by atoms with Crippen LogP contribution in [-0.4, -0.2) is 23.4 Å². The Morgan fingerprint density at radius 1 is 1.80 bits per heavy atom. The van der Waals surface area contributed by atoms with Gasteiger partial charge in [-0.05, 0) is 6.92 Å². The van der Waals surface area contributed by atoms with Gasteiger partial charge in [-0.25, -0.2) is 0 Å². The third-order valence-corrected chi connectivity index (χ3v) is 2.32. The van der Waals surface area contributed by atoms with Crippen molar-refractivity contribution < 1.29 is 9.53 Å². The molecule has 0 aromatic rings. The van der Waals surface area contributed by atoms with Crippen molar-refractivity contribution in [2.24, 2.45) is 0 Å². The zero-order valence-electron chi connectivity index (χ0n) is 6.19. The molecule has 0 spiro atoms. The van der Waals surface area contributed by atoms with Crippen molar-refractivity contribution >= 4 is 17.4 Å². The van der Waals surface area contributed by atoms with Crippen LogP contribution in [0.1, 0.15) is 20.3 Å². The SMILES string of the molecule is CCC(=O)C1OC1(C)CCl. The number of hydrogen-bond donors (Lipinski definition) is 0. The molecule has 2 unspecified atom stereocenters. The molecule has 1 heterocycles. The first kappa shape index (κ1) is 8.02. The van der Waals surface area contributed by atoms with Gasteiger partial charge in [0.05, 0.1) is 5.88 Å². The van der Waals surface area contributed by atoms with E-state index in [9.17, 15) is 4.79 Å². The minimum absolute atomic E-state index is 0.156. The summed E-state index contributed by atoms with van der Waals surface area (Å²) in [6.07, 6.45) is 0.312. The Labute approximate surface area is 65.5 Å². The van der Waals surface area contributed by atoms with E-state index in [-0.39, 0.29) is 17.5 Å². The number of ether oxygens (including phenoxy) is 1. The number of hydrogen-bond acceptors (Lipinski definition) is 2. The number of carbonyl (C=O) groups excluding carboxylic acids is 1. The summed E-state index contributed by atoms with van der Waals surface area (Å²) in [5.41, 5.74) is -0.353. The summed E-state index contributed by atoms with van der Waals surface area (Å²) in [5, 5.41) is 0. The summed E-state index contributed by atoms with van der Waals surface area (Å²) in [4.78, 5) is 11.0. The van der Waals surface area contributed by atoms with Crippen molar-refractivity contribution in [2.45, 2.75) is 32.0 Å². The van der Waals surface area contributed by atoms with Gasteiger partial charge in [-0.1, -0.05) is 6.92 Å². The first-order valence-electron chi connectivity index (χ1n) is 3.40. The lowest BCUT2D eigenvalue weighted by atomic mass is 10.1. The van der Waals surface area contributed by atoms with E-state index in [1.54, 1.807) is 0 Å². The first-order valence-corrected chi connectivity index (χ1v) is 3.94. The van der Waals surface area contributed by atoms with Crippen molar-refractivity contribution in [2.75, 3.05) is 5.88 Å². The van der Waals surface area contributed by atoms with E-state index in [1.807, 2.05) is 13.8 Å². The van der Waals surface area contributed by atoms with E-state index in [0.29, 0.717) is 12.3 Å². The molecule has 1 rings (SSSR count). The Hall–Kier alpha value is -0.0800. The maximum atomic E-state index is 11.0. The van der Waals surface area contributed by atoms with Crippen LogP contribution >= 0.6 is 11.6 Å². The molecule has 0 aromatic heterocycles. The van der Waals surface area contributed by atoms with Crippen LogP contribution < -0.4 is 0 Å². The van der Waals surface area contributed by atoms with Gasteiger partial charge >= 0.3 is 0 Å². The van der Waals surface area contributed by atoms with Gasteiger partial charge in [0.1, 0.15) is 11.7 Å². The van der Waals surface area contributed by atoms with Gasteiger partial charge in [0.15, 0.2) is 5.78 Å². The zero-order chi connectivity index (χ0) is 7.78. The number of ketones is 1. The smallest absolute Gasteiger partial charge is 0.164 e. The Morgan fingerprint density at radius 2 is 2.40 bits per heavy atom. The fourth-order valence-corrected chi connectivity index (χ4v) is 1.13. The lowest BCUT2D eigenvalue weighted by molar-refractivity contribution is -0.119. The third-order valence-electron chi connectivity index (χ3n) is 1.79. The highest BCUT2D eigenvalue weighted by atomic mass is 35.5. The molecule has 1 fully saturated rings. The van der Waals surface area contributed by atoms with Crippen molar-refractivity contribution in [1.82, 2.24) is 0 Å². The van der Waals surface area contributed by atoms with Crippen molar-refractivity contribution in [3.63, 3.8) is 0 Å². The third kappa shape index (κ3) is 1.18.